The second-order valence-corrected chi connectivity index (χ2v) is 10.3. The third-order valence-corrected chi connectivity index (χ3v) is 7.89. The van der Waals surface area contributed by atoms with Gasteiger partial charge in [0.05, 0.1) is 11.2 Å². The lowest BCUT2D eigenvalue weighted by atomic mass is 10.1. The van der Waals surface area contributed by atoms with Crippen molar-refractivity contribution in [3.63, 3.8) is 0 Å². The lowest BCUT2D eigenvalue weighted by Gasteiger charge is -2.13. The molecule has 0 aliphatic rings. The molecule has 4 heterocycles. The molecule has 0 amide bonds. The van der Waals surface area contributed by atoms with Crippen LogP contribution in [0.5, 0.6) is 0 Å². The third-order valence-electron chi connectivity index (χ3n) is 6.11. The van der Waals surface area contributed by atoms with Gasteiger partial charge in [0.25, 0.3) is 11.2 Å². The number of nitrogens with zero attached hydrogens (tertiary/aromatic N) is 3. The standard InChI is InChI=1S/C25H22N4O4S/c1-15-8-9-19(12-17(15)3)34(31,32)21-13-20-24(29(22(21)26)14-18-7-5-11-33-18)27-23-16(2)6-4-10-28(23)25(20)30/h4-13,26H,14H2,1-3H3/p+1. The highest BCUT2D eigenvalue weighted by Crippen LogP contribution is 2.28. The average molecular weight is 476 g/mol. The van der Waals surface area contributed by atoms with E-state index in [0.29, 0.717) is 11.4 Å². The zero-order valence-electron chi connectivity index (χ0n) is 18.9. The van der Waals surface area contributed by atoms with Gasteiger partial charge in [-0.25, -0.2) is 13.0 Å². The van der Waals surface area contributed by atoms with E-state index in [4.69, 9.17) is 15.1 Å². The number of anilines is 1. The van der Waals surface area contributed by atoms with E-state index in [1.165, 1.54) is 21.3 Å². The summed E-state index contributed by atoms with van der Waals surface area (Å²) in [5, 5.41) is 0.145. The van der Waals surface area contributed by atoms with Gasteiger partial charge in [-0.15, -0.1) is 0 Å². The van der Waals surface area contributed by atoms with Crippen LogP contribution in [0.15, 0.2) is 80.0 Å². The zero-order valence-corrected chi connectivity index (χ0v) is 19.8. The van der Waals surface area contributed by atoms with Crippen LogP contribution in [0.1, 0.15) is 22.5 Å². The molecule has 172 valence electrons. The summed E-state index contributed by atoms with van der Waals surface area (Å²) >= 11 is 0. The van der Waals surface area contributed by atoms with Gasteiger partial charge in [0.2, 0.25) is 21.3 Å². The molecule has 2 N–H and O–H groups in total. The van der Waals surface area contributed by atoms with E-state index >= 15 is 0 Å². The van der Waals surface area contributed by atoms with Crippen molar-refractivity contribution in [3.05, 3.63) is 93.8 Å². The van der Waals surface area contributed by atoms with E-state index in [9.17, 15) is 13.2 Å². The molecule has 8 nitrogen and oxygen atoms in total. The number of nitrogen functional groups attached to an aromatic ring is 1. The molecule has 0 fully saturated rings. The summed E-state index contributed by atoms with van der Waals surface area (Å²) < 4.78 is 35.8. The van der Waals surface area contributed by atoms with Gasteiger partial charge in [0.1, 0.15) is 22.6 Å². The summed E-state index contributed by atoms with van der Waals surface area (Å²) in [5.41, 5.74) is 9.47. The number of furan rings is 1. The van der Waals surface area contributed by atoms with Crippen LogP contribution in [0.2, 0.25) is 0 Å². The Bertz CT molecular complexity index is 1750. The molecule has 0 atom stereocenters. The molecule has 0 aliphatic heterocycles. The van der Waals surface area contributed by atoms with E-state index in [2.05, 4.69) is 0 Å². The van der Waals surface area contributed by atoms with E-state index in [1.54, 1.807) is 42.6 Å². The normalized spacial score (nSPS) is 12.0. The van der Waals surface area contributed by atoms with Crippen LogP contribution < -0.4 is 15.9 Å². The minimum absolute atomic E-state index is 0.0213. The number of hydrogen-bond acceptors (Lipinski definition) is 6. The van der Waals surface area contributed by atoms with Gasteiger partial charge < -0.3 is 10.2 Å². The fraction of sp³-hybridized carbons (Fsp3) is 0.160. The molecule has 0 saturated carbocycles. The number of rotatable bonds is 4. The van der Waals surface area contributed by atoms with Crippen molar-refractivity contribution < 1.29 is 17.4 Å². The van der Waals surface area contributed by atoms with Gasteiger partial charge in [-0.3, -0.25) is 9.20 Å². The smallest absolute Gasteiger partial charge is 0.278 e. The maximum Gasteiger partial charge on any atom is 0.278 e. The summed E-state index contributed by atoms with van der Waals surface area (Å²) in [7, 11) is -4.03. The minimum atomic E-state index is -4.03. The number of fused-ring (bicyclic) bond motifs is 2. The lowest BCUT2D eigenvalue weighted by Crippen LogP contribution is -2.42. The van der Waals surface area contributed by atoms with Gasteiger partial charge >= 0.3 is 0 Å². The fourth-order valence-electron chi connectivity index (χ4n) is 4.03. The number of sulfone groups is 1. The van der Waals surface area contributed by atoms with Crippen molar-refractivity contribution in [1.82, 2.24) is 9.38 Å². The Balaban J connectivity index is 1.89. The first-order valence-electron chi connectivity index (χ1n) is 10.7. The first-order chi connectivity index (χ1) is 16.2. The van der Waals surface area contributed by atoms with Crippen molar-refractivity contribution in [1.29, 1.82) is 0 Å². The molecule has 0 unspecified atom stereocenters. The molecule has 1 aromatic carbocycles. The molecule has 34 heavy (non-hydrogen) atoms. The van der Waals surface area contributed by atoms with E-state index in [1.807, 2.05) is 26.8 Å². The average Bonchev–Trinajstić information content (AvgIpc) is 3.31. The number of hydrogen-bond donors (Lipinski definition) is 1. The number of aromatic nitrogens is 3. The molecular formula is C25H23N4O4S+. The molecule has 5 aromatic rings. The van der Waals surface area contributed by atoms with Crippen molar-refractivity contribution in [2.45, 2.75) is 37.1 Å². The Kier molecular flexibility index (Phi) is 5.02. The summed E-state index contributed by atoms with van der Waals surface area (Å²) in [6.45, 7) is 5.72. The van der Waals surface area contributed by atoms with Crippen LogP contribution >= 0.6 is 0 Å². The largest absolute Gasteiger partial charge is 0.466 e. The highest BCUT2D eigenvalue weighted by Gasteiger charge is 2.30. The molecule has 0 bridgehead atoms. The number of nitrogens with two attached hydrogens (primary N) is 1. The zero-order chi connectivity index (χ0) is 24.2. The van der Waals surface area contributed by atoms with Crippen molar-refractivity contribution in [3.8, 4) is 0 Å². The molecule has 0 spiro atoms. The first-order valence-corrected chi connectivity index (χ1v) is 12.2. The van der Waals surface area contributed by atoms with Crippen LogP contribution in [0, 0.1) is 20.8 Å². The predicted molar refractivity (Wildman–Crippen MR) is 127 cm³/mol. The molecule has 0 aliphatic carbocycles. The number of benzene rings is 1. The highest BCUT2D eigenvalue weighted by atomic mass is 32.2. The first kappa shape index (κ1) is 21.8. The monoisotopic (exact) mass is 475 g/mol. The molecule has 5 rings (SSSR count). The second-order valence-electron chi connectivity index (χ2n) is 8.35. The summed E-state index contributed by atoms with van der Waals surface area (Å²) in [5.74, 6) is 0.525. The topological polar surface area (TPSA) is 112 Å². The van der Waals surface area contributed by atoms with Crippen LogP contribution in [-0.2, 0) is 16.4 Å². The van der Waals surface area contributed by atoms with Crippen molar-refractivity contribution in [2.24, 2.45) is 0 Å². The number of aryl methyl sites for hydroxylation is 3. The van der Waals surface area contributed by atoms with E-state index in [0.717, 1.165) is 16.7 Å². The molecule has 4 aromatic heterocycles. The van der Waals surface area contributed by atoms with Crippen LogP contribution in [0.4, 0.5) is 5.82 Å². The maximum absolute atomic E-state index is 13.7. The Hall–Kier alpha value is -3.98. The summed E-state index contributed by atoms with van der Waals surface area (Å²) in [4.78, 5) is 18.1. The summed E-state index contributed by atoms with van der Waals surface area (Å²) in [6, 6.07) is 13.3. The lowest BCUT2D eigenvalue weighted by molar-refractivity contribution is -0.653. The Labute approximate surface area is 195 Å². The molecule has 0 radical (unpaired) electrons. The Morgan fingerprint density at radius 2 is 1.82 bits per heavy atom. The van der Waals surface area contributed by atoms with E-state index in [-0.39, 0.29) is 38.7 Å². The third kappa shape index (κ3) is 3.36. The predicted octanol–water partition coefficient (Wildman–Crippen LogP) is 3.12. The summed E-state index contributed by atoms with van der Waals surface area (Å²) in [6.07, 6.45) is 3.13. The Morgan fingerprint density at radius 3 is 2.53 bits per heavy atom. The molecular weight excluding hydrogens is 452 g/mol. The quantitative estimate of drug-likeness (QED) is 0.316. The minimum Gasteiger partial charge on any atom is -0.466 e. The SMILES string of the molecule is Cc1ccc(S(=O)(=O)c2cc3c(=O)n4cccc(C)c4nc3[n+](Cc3ccco3)c2N)cc1C. The van der Waals surface area contributed by atoms with E-state index < -0.39 is 9.84 Å². The van der Waals surface area contributed by atoms with Crippen molar-refractivity contribution in [2.75, 3.05) is 5.73 Å². The van der Waals surface area contributed by atoms with Crippen LogP contribution in [0.25, 0.3) is 16.7 Å². The maximum atomic E-state index is 13.7. The number of pyridine rings is 2. The highest BCUT2D eigenvalue weighted by molar-refractivity contribution is 7.91. The van der Waals surface area contributed by atoms with Crippen molar-refractivity contribution >= 4 is 32.3 Å². The molecule has 9 heteroatoms. The van der Waals surface area contributed by atoms with Gasteiger partial charge in [-0.1, -0.05) is 17.1 Å². The van der Waals surface area contributed by atoms with Gasteiger partial charge in [0.15, 0.2) is 0 Å². The fourth-order valence-corrected chi connectivity index (χ4v) is 5.52. The van der Waals surface area contributed by atoms with Gasteiger partial charge in [-0.2, -0.15) is 0 Å². The van der Waals surface area contributed by atoms with Crippen LogP contribution in [-0.4, -0.2) is 17.8 Å². The van der Waals surface area contributed by atoms with Gasteiger partial charge in [0, 0.05) is 11.8 Å². The second kappa shape index (κ2) is 7.81. The Morgan fingerprint density at radius 1 is 1.03 bits per heavy atom. The molecule has 0 saturated heterocycles. The van der Waals surface area contributed by atoms with Crippen LogP contribution in [0.3, 0.4) is 0 Å². The van der Waals surface area contributed by atoms with Gasteiger partial charge in [-0.05, 0) is 68.3 Å².